The number of alkyl halides is 1. The number of nitrogens with two attached hydrogens (primary N) is 1. The number of fused-ring (bicyclic) bond motifs is 1. The number of nitrogen functional groups attached to an aromatic ring is 1. The Hall–Kier alpha value is -3.18. The second-order valence-electron chi connectivity index (χ2n) is 10.0. The summed E-state index contributed by atoms with van der Waals surface area (Å²) in [7, 11) is 0. The minimum atomic E-state index is -0.274. The van der Waals surface area contributed by atoms with E-state index < -0.39 is 0 Å². The molecule has 3 nitrogen and oxygen atoms in total. The number of anilines is 1. The molecule has 3 aromatic carbocycles. The van der Waals surface area contributed by atoms with Gasteiger partial charge in [-0.05, 0) is 103 Å². The van der Waals surface area contributed by atoms with E-state index in [1.54, 1.807) is 6.07 Å². The minimum Gasteiger partial charge on any atom is -0.489 e. The lowest BCUT2D eigenvalue weighted by Gasteiger charge is -2.19. The van der Waals surface area contributed by atoms with Crippen LogP contribution in [0.4, 0.5) is 14.5 Å². The van der Waals surface area contributed by atoms with Crippen LogP contribution in [-0.2, 0) is 6.42 Å². The zero-order valence-electron chi connectivity index (χ0n) is 20.9. The van der Waals surface area contributed by atoms with E-state index in [9.17, 15) is 4.39 Å². The number of halogens is 2. The molecule has 0 saturated carbocycles. The van der Waals surface area contributed by atoms with Crippen molar-refractivity contribution in [1.82, 2.24) is 4.90 Å². The number of ether oxygens (including phenoxy) is 1. The predicted octanol–water partition coefficient (Wildman–Crippen LogP) is 6.82. The molecule has 1 aliphatic heterocycles. The summed E-state index contributed by atoms with van der Waals surface area (Å²) < 4.78 is 34.0. The third-order valence-corrected chi connectivity index (χ3v) is 7.31. The van der Waals surface area contributed by atoms with Crippen LogP contribution in [0.5, 0.6) is 5.75 Å². The van der Waals surface area contributed by atoms with Gasteiger partial charge >= 0.3 is 0 Å². The van der Waals surface area contributed by atoms with Crippen molar-refractivity contribution in [3.63, 3.8) is 0 Å². The van der Waals surface area contributed by atoms with Crippen LogP contribution in [-0.4, -0.2) is 37.3 Å². The summed E-state index contributed by atoms with van der Waals surface area (Å²) in [5.74, 6) is 0.644. The number of aryl methyl sites for hydroxylation is 2. The van der Waals surface area contributed by atoms with Gasteiger partial charge in [-0.1, -0.05) is 30.3 Å². The zero-order chi connectivity index (χ0) is 25.1. The fourth-order valence-electron chi connectivity index (χ4n) is 5.54. The molecule has 36 heavy (non-hydrogen) atoms. The number of nitrogens with zero attached hydrogens (tertiary/aromatic N) is 1. The average Bonchev–Trinajstić information content (AvgIpc) is 3.22. The Kier molecular flexibility index (Phi) is 7.38. The zero-order valence-corrected chi connectivity index (χ0v) is 20.9. The fraction of sp³-hybridized carbons (Fsp3) is 0.355. The molecule has 2 N–H and O–H groups in total. The van der Waals surface area contributed by atoms with Gasteiger partial charge in [-0.15, -0.1) is 0 Å². The smallest absolute Gasteiger partial charge is 0.130 e. The van der Waals surface area contributed by atoms with E-state index in [2.05, 4.69) is 29.2 Å². The molecule has 1 fully saturated rings. The first-order chi connectivity index (χ1) is 17.5. The second kappa shape index (κ2) is 10.8. The molecule has 0 radical (unpaired) electrons. The number of hydrogen-bond acceptors (Lipinski definition) is 3. The molecule has 3 aromatic rings. The van der Waals surface area contributed by atoms with Crippen LogP contribution in [0.25, 0.3) is 11.1 Å². The Bertz CT molecular complexity index is 1250. The molecular weight excluding hydrogens is 454 g/mol. The Labute approximate surface area is 212 Å². The summed E-state index contributed by atoms with van der Waals surface area (Å²) in [4.78, 5) is 2.26. The van der Waals surface area contributed by atoms with Gasteiger partial charge in [0, 0.05) is 30.9 Å². The van der Waals surface area contributed by atoms with Gasteiger partial charge in [0.05, 0.1) is 6.67 Å². The van der Waals surface area contributed by atoms with E-state index in [-0.39, 0.29) is 18.6 Å². The van der Waals surface area contributed by atoms with Crippen molar-refractivity contribution in [2.24, 2.45) is 0 Å². The number of hydrogen-bond donors (Lipinski definition) is 1. The highest BCUT2D eigenvalue weighted by molar-refractivity contribution is 6.00. The maximum Gasteiger partial charge on any atom is 0.130 e. The van der Waals surface area contributed by atoms with E-state index in [0.29, 0.717) is 12.0 Å². The van der Waals surface area contributed by atoms with Crippen molar-refractivity contribution in [3.05, 3.63) is 94.3 Å². The summed E-state index contributed by atoms with van der Waals surface area (Å²) in [5.41, 5.74) is 13.9. The van der Waals surface area contributed by atoms with Crippen molar-refractivity contribution in [2.75, 3.05) is 32.0 Å². The van der Waals surface area contributed by atoms with Gasteiger partial charge in [0.15, 0.2) is 0 Å². The fourth-order valence-corrected chi connectivity index (χ4v) is 5.54. The van der Waals surface area contributed by atoms with Crippen molar-refractivity contribution in [1.29, 1.82) is 0 Å². The number of likely N-dealkylation sites (tertiary alicyclic amines) is 1. The van der Waals surface area contributed by atoms with Crippen LogP contribution in [0, 0.1) is 12.7 Å². The van der Waals surface area contributed by atoms with E-state index in [1.807, 2.05) is 37.3 Å². The quantitative estimate of drug-likeness (QED) is 0.371. The molecule has 1 heterocycles. The monoisotopic (exact) mass is 488 g/mol. The van der Waals surface area contributed by atoms with Crippen LogP contribution in [0.2, 0.25) is 0 Å². The summed E-state index contributed by atoms with van der Waals surface area (Å²) in [6.45, 7) is 4.20. The Morgan fingerprint density at radius 3 is 2.58 bits per heavy atom. The Morgan fingerprint density at radius 1 is 1.00 bits per heavy atom. The average molecular weight is 489 g/mol. The lowest BCUT2D eigenvalue weighted by Crippen LogP contribution is -2.26. The Balaban J connectivity index is 1.49. The predicted molar refractivity (Wildman–Crippen MR) is 143 cm³/mol. The molecule has 0 amide bonds. The number of allylic oxidation sites excluding steroid dienone is 1. The first-order valence-electron chi connectivity index (χ1n) is 13.0. The normalized spacial score (nSPS) is 18.2. The molecule has 1 aliphatic carbocycles. The SMILES string of the molecule is Cc1ccc(C2=C(c3ccc(OC4CCN(CCCF)C4)cc3)c3ccc(N)cc3CCC2)c(F)c1. The van der Waals surface area contributed by atoms with Crippen LogP contribution < -0.4 is 10.5 Å². The second-order valence-corrected chi connectivity index (χ2v) is 10.0. The highest BCUT2D eigenvalue weighted by atomic mass is 19.1. The van der Waals surface area contributed by atoms with E-state index in [1.165, 1.54) is 5.56 Å². The molecular formula is C31H34F2N2O. The molecule has 2 aliphatic rings. The maximum atomic E-state index is 15.2. The molecule has 0 spiro atoms. The molecule has 188 valence electrons. The summed E-state index contributed by atoms with van der Waals surface area (Å²) in [6.07, 6.45) is 4.28. The molecule has 1 unspecified atom stereocenters. The van der Waals surface area contributed by atoms with Gasteiger partial charge in [-0.25, -0.2) is 4.39 Å². The Morgan fingerprint density at radius 2 is 1.81 bits per heavy atom. The van der Waals surface area contributed by atoms with Crippen molar-refractivity contribution in [2.45, 2.75) is 45.1 Å². The van der Waals surface area contributed by atoms with Crippen LogP contribution in [0.15, 0.2) is 60.7 Å². The van der Waals surface area contributed by atoms with Crippen molar-refractivity contribution < 1.29 is 13.5 Å². The van der Waals surface area contributed by atoms with Crippen molar-refractivity contribution in [3.8, 4) is 5.75 Å². The van der Waals surface area contributed by atoms with Gasteiger partial charge in [-0.3, -0.25) is 9.29 Å². The first-order valence-corrected chi connectivity index (χ1v) is 13.0. The van der Waals surface area contributed by atoms with Gasteiger partial charge in [0.25, 0.3) is 0 Å². The standard InChI is InChI=1S/C31H34F2N2O/c1-21-6-12-28(30(33)18-21)29-5-2-4-23-19-24(34)9-13-27(23)31(29)22-7-10-25(11-8-22)36-26-14-17-35(20-26)16-3-15-32/h6-13,18-19,26H,2-5,14-17,20,34H2,1H3. The highest BCUT2D eigenvalue weighted by Gasteiger charge is 2.25. The molecule has 0 aromatic heterocycles. The lowest BCUT2D eigenvalue weighted by molar-refractivity contribution is 0.198. The first kappa shape index (κ1) is 24.5. The minimum absolute atomic E-state index is 0.119. The van der Waals surface area contributed by atoms with Gasteiger partial charge < -0.3 is 10.5 Å². The third-order valence-electron chi connectivity index (χ3n) is 7.31. The summed E-state index contributed by atoms with van der Waals surface area (Å²) in [5, 5.41) is 0. The van der Waals surface area contributed by atoms with Gasteiger partial charge in [0.2, 0.25) is 0 Å². The molecule has 0 bridgehead atoms. The van der Waals surface area contributed by atoms with Crippen LogP contribution in [0.3, 0.4) is 0 Å². The molecule has 1 atom stereocenters. The van der Waals surface area contributed by atoms with Crippen LogP contribution >= 0.6 is 0 Å². The number of rotatable bonds is 7. The number of benzene rings is 3. The molecule has 1 saturated heterocycles. The van der Waals surface area contributed by atoms with Gasteiger partial charge in [0.1, 0.15) is 17.7 Å². The lowest BCUT2D eigenvalue weighted by atomic mass is 9.87. The van der Waals surface area contributed by atoms with E-state index in [4.69, 9.17) is 10.5 Å². The van der Waals surface area contributed by atoms with Crippen LogP contribution in [0.1, 0.15) is 53.5 Å². The van der Waals surface area contributed by atoms with Crippen molar-refractivity contribution >= 4 is 16.8 Å². The highest BCUT2D eigenvalue weighted by Crippen LogP contribution is 2.41. The largest absolute Gasteiger partial charge is 0.489 e. The van der Waals surface area contributed by atoms with E-state index >= 15 is 4.39 Å². The molecule has 5 rings (SSSR count). The summed E-state index contributed by atoms with van der Waals surface area (Å²) >= 11 is 0. The topological polar surface area (TPSA) is 38.5 Å². The molecule has 5 heteroatoms. The third kappa shape index (κ3) is 5.31. The van der Waals surface area contributed by atoms with Gasteiger partial charge in [-0.2, -0.15) is 0 Å². The summed E-state index contributed by atoms with van der Waals surface area (Å²) in [6, 6.07) is 19.7. The van der Waals surface area contributed by atoms with E-state index in [0.717, 1.165) is 84.6 Å². The maximum absolute atomic E-state index is 15.2.